The van der Waals surface area contributed by atoms with Crippen LogP contribution in [0, 0.1) is 25.2 Å². The molecule has 12 nitrogen and oxygen atoms in total. The minimum absolute atomic E-state index is 0.0520. The van der Waals surface area contributed by atoms with Gasteiger partial charge in [0, 0.05) is 19.3 Å². The number of hydrogen-bond acceptors (Lipinski definition) is 9. The Morgan fingerprint density at radius 3 is 2.56 bits per heavy atom. The number of nitrogens with one attached hydrogen (secondary N) is 2. The lowest BCUT2D eigenvalue weighted by Gasteiger charge is -2.33. The molecule has 6 rings (SSSR count). The molecule has 4 aromatic heterocycles. The molecule has 1 aliphatic carbocycles. The normalized spacial score (nSPS) is 22.9. The van der Waals surface area contributed by atoms with Crippen LogP contribution in [0.5, 0.6) is 0 Å². The Morgan fingerprint density at radius 2 is 1.93 bits per heavy atom. The number of alkyl halides is 5. The number of imidazole rings is 1. The van der Waals surface area contributed by atoms with Gasteiger partial charge in [0.25, 0.3) is 5.91 Å². The smallest absolute Gasteiger partial charge is 0.408 e. The first-order valence-electron chi connectivity index (χ1n) is 14.3. The van der Waals surface area contributed by atoms with E-state index in [1.165, 1.54) is 23.8 Å². The number of carbonyl (C=O) groups excluding carboxylic acids is 2. The van der Waals surface area contributed by atoms with Gasteiger partial charge in [0.15, 0.2) is 17.2 Å². The standard InChI is InChI=1S/C28H29F5N8O4/c1-14-11-34-21(44-14)10-26(9-19(28(31,32)33)37-25(26)43)8-16-7-20-36-18(13-41(20)35-12-16)23(17-3-5-27(29,30)6-4-17)38-24(42)22-15(2)39-45-40-22/h7,11-13,17,19,23H,3-6,8-10H2,1-2H3,(H,37,43)(H,38,42)/t19-,23-,26-/m0/s1. The molecule has 2 amide bonds. The SMILES string of the molecule is Cc1cnc(C[C@]2(Cc3cnn4cc([C@@H](NC(=O)c5nonc5C)C5CCC(F)(F)CC5)nc4c3)C[C@@H](C(F)(F)F)NC2=O)o1. The first-order chi connectivity index (χ1) is 21.2. The Balaban J connectivity index is 1.31. The van der Waals surface area contributed by atoms with Gasteiger partial charge in [0.05, 0.1) is 35.7 Å². The number of carbonyl (C=O) groups is 2. The fraction of sp³-hybridized carbons (Fsp3) is 0.536. The quantitative estimate of drug-likeness (QED) is 0.271. The number of hydrogen-bond donors (Lipinski definition) is 2. The molecule has 2 N–H and O–H groups in total. The van der Waals surface area contributed by atoms with Crippen molar-refractivity contribution < 1.29 is 40.6 Å². The van der Waals surface area contributed by atoms with Gasteiger partial charge in [-0.2, -0.15) is 18.3 Å². The minimum Gasteiger partial charge on any atom is -0.446 e. The van der Waals surface area contributed by atoms with Gasteiger partial charge in [0.2, 0.25) is 11.8 Å². The zero-order valence-corrected chi connectivity index (χ0v) is 24.2. The summed E-state index contributed by atoms with van der Waals surface area (Å²) in [6, 6.07) is -1.23. The summed E-state index contributed by atoms with van der Waals surface area (Å²) < 4.78 is 80.6. The average molecular weight is 637 g/mol. The lowest BCUT2D eigenvalue weighted by Crippen LogP contribution is -2.39. The maximum atomic E-state index is 14.0. The highest BCUT2D eigenvalue weighted by Crippen LogP contribution is 2.43. The van der Waals surface area contributed by atoms with Crippen LogP contribution >= 0.6 is 0 Å². The second-order valence-electron chi connectivity index (χ2n) is 11.9. The number of fused-ring (bicyclic) bond motifs is 1. The van der Waals surface area contributed by atoms with E-state index in [9.17, 15) is 31.5 Å². The van der Waals surface area contributed by atoms with Crippen LogP contribution in [0.25, 0.3) is 5.65 Å². The third-order valence-electron chi connectivity index (χ3n) is 8.58. The van der Waals surface area contributed by atoms with Crippen LogP contribution in [-0.4, -0.2) is 59.9 Å². The molecule has 1 saturated heterocycles. The number of aromatic nitrogens is 6. The summed E-state index contributed by atoms with van der Waals surface area (Å²) in [6.07, 6.45) is -1.50. The topological polar surface area (TPSA) is 153 Å². The Labute approximate surface area is 252 Å². The third kappa shape index (κ3) is 6.24. The molecule has 0 radical (unpaired) electrons. The van der Waals surface area contributed by atoms with Crippen LogP contribution in [0.2, 0.25) is 0 Å². The molecule has 45 heavy (non-hydrogen) atoms. The number of aryl methyl sites for hydroxylation is 2. The highest BCUT2D eigenvalue weighted by molar-refractivity contribution is 5.93. The molecule has 0 bridgehead atoms. The van der Waals surface area contributed by atoms with Gasteiger partial charge in [-0.05, 0) is 62.2 Å². The lowest BCUT2D eigenvalue weighted by atomic mass is 9.76. The van der Waals surface area contributed by atoms with Crippen molar-refractivity contribution in [2.75, 3.05) is 0 Å². The molecule has 1 aliphatic heterocycles. The molecule has 1 saturated carbocycles. The highest BCUT2D eigenvalue weighted by Gasteiger charge is 2.56. The summed E-state index contributed by atoms with van der Waals surface area (Å²) in [5.41, 5.74) is -0.263. The van der Waals surface area contributed by atoms with Crippen LogP contribution in [0.1, 0.15) is 77.2 Å². The van der Waals surface area contributed by atoms with Crippen LogP contribution in [-0.2, 0) is 17.6 Å². The molecular weight excluding hydrogens is 607 g/mol. The molecule has 17 heteroatoms. The van der Waals surface area contributed by atoms with E-state index in [2.05, 4.69) is 40.6 Å². The Bertz CT molecular complexity index is 1720. The lowest BCUT2D eigenvalue weighted by molar-refractivity contribution is -0.155. The molecule has 0 spiro atoms. The minimum atomic E-state index is -4.65. The van der Waals surface area contributed by atoms with Gasteiger partial charge < -0.3 is 15.1 Å². The van der Waals surface area contributed by atoms with Crippen LogP contribution in [0.15, 0.2) is 33.7 Å². The van der Waals surface area contributed by atoms with E-state index in [4.69, 9.17) is 4.42 Å². The molecule has 2 aliphatic rings. The van der Waals surface area contributed by atoms with Crippen LogP contribution < -0.4 is 10.6 Å². The monoisotopic (exact) mass is 636 g/mol. The third-order valence-corrected chi connectivity index (χ3v) is 8.58. The van der Waals surface area contributed by atoms with Crippen molar-refractivity contribution >= 4 is 17.5 Å². The second kappa shape index (κ2) is 11.2. The van der Waals surface area contributed by atoms with Crippen molar-refractivity contribution in [1.29, 1.82) is 0 Å². The fourth-order valence-electron chi connectivity index (χ4n) is 6.23. The molecule has 4 aromatic rings. The van der Waals surface area contributed by atoms with Crippen molar-refractivity contribution in [3.8, 4) is 0 Å². The van der Waals surface area contributed by atoms with E-state index in [0.29, 0.717) is 17.0 Å². The van der Waals surface area contributed by atoms with E-state index in [0.717, 1.165) is 0 Å². The van der Waals surface area contributed by atoms with Crippen molar-refractivity contribution in [1.82, 2.24) is 40.5 Å². The molecule has 5 heterocycles. The van der Waals surface area contributed by atoms with Gasteiger partial charge >= 0.3 is 6.18 Å². The zero-order valence-electron chi connectivity index (χ0n) is 24.2. The predicted octanol–water partition coefficient (Wildman–Crippen LogP) is 4.24. The number of halogens is 5. The zero-order chi connectivity index (χ0) is 32.1. The van der Waals surface area contributed by atoms with E-state index < -0.39 is 47.8 Å². The van der Waals surface area contributed by atoms with E-state index in [-0.39, 0.29) is 67.4 Å². The number of nitrogens with zero attached hydrogens (tertiary/aromatic N) is 6. The summed E-state index contributed by atoms with van der Waals surface area (Å²) in [6.45, 7) is 3.18. The van der Waals surface area contributed by atoms with Crippen molar-refractivity contribution in [2.24, 2.45) is 11.3 Å². The Hall–Kier alpha value is -4.44. The fourth-order valence-corrected chi connectivity index (χ4v) is 6.23. The van der Waals surface area contributed by atoms with E-state index in [1.54, 1.807) is 19.2 Å². The summed E-state index contributed by atoms with van der Waals surface area (Å²) >= 11 is 0. The number of oxazole rings is 1. The molecular formula is C28H29F5N8O4. The van der Waals surface area contributed by atoms with Gasteiger partial charge in [0.1, 0.15) is 17.5 Å². The summed E-state index contributed by atoms with van der Waals surface area (Å²) in [5, 5.41) is 16.5. The highest BCUT2D eigenvalue weighted by atomic mass is 19.4. The van der Waals surface area contributed by atoms with E-state index in [1.807, 2.05) is 0 Å². The summed E-state index contributed by atoms with van der Waals surface area (Å²) in [7, 11) is 0. The maximum Gasteiger partial charge on any atom is 0.408 e. The van der Waals surface area contributed by atoms with Gasteiger partial charge in [-0.1, -0.05) is 5.16 Å². The largest absolute Gasteiger partial charge is 0.446 e. The van der Waals surface area contributed by atoms with Crippen LogP contribution in [0.3, 0.4) is 0 Å². The Morgan fingerprint density at radius 1 is 1.18 bits per heavy atom. The van der Waals surface area contributed by atoms with Gasteiger partial charge in [-0.15, -0.1) is 0 Å². The van der Waals surface area contributed by atoms with Crippen LogP contribution in [0.4, 0.5) is 22.0 Å². The maximum absolute atomic E-state index is 14.0. The molecule has 2 fully saturated rings. The predicted molar refractivity (Wildman–Crippen MR) is 143 cm³/mol. The summed E-state index contributed by atoms with van der Waals surface area (Å²) in [5.74, 6) is -3.98. The van der Waals surface area contributed by atoms with Gasteiger partial charge in [-0.3, -0.25) is 9.59 Å². The number of amides is 2. The number of rotatable bonds is 8. The average Bonchev–Trinajstić information content (AvgIpc) is 3.75. The van der Waals surface area contributed by atoms with Crippen molar-refractivity contribution in [2.45, 2.75) is 83.0 Å². The second-order valence-corrected chi connectivity index (χ2v) is 11.9. The molecule has 3 atom stereocenters. The van der Waals surface area contributed by atoms with Crippen molar-refractivity contribution in [3.63, 3.8) is 0 Å². The molecule has 0 unspecified atom stereocenters. The summed E-state index contributed by atoms with van der Waals surface area (Å²) in [4.78, 5) is 34.9. The molecule has 240 valence electrons. The molecule has 0 aromatic carbocycles. The first kappa shape index (κ1) is 30.6. The Kier molecular flexibility index (Phi) is 7.59. The van der Waals surface area contributed by atoms with E-state index >= 15 is 0 Å². The van der Waals surface area contributed by atoms with Crippen molar-refractivity contribution in [3.05, 3.63) is 59.0 Å². The first-order valence-corrected chi connectivity index (χ1v) is 14.3. The van der Waals surface area contributed by atoms with Gasteiger partial charge in [-0.25, -0.2) is 27.9 Å².